The maximum Gasteiger partial charge on any atom is 0.419 e. The number of halogens is 4. The van der Waals surface area contributed by atoms with Crippen LogP contribution in [-0.2, 0) is 19.8 Å². The molecule has 0 unspecified atom stereocenters. The lowest BCUT2D eigenvalue weighted by Crippen LogP contribution is -2.23. The van der Waals surface area contributed by atoms with E-state index in [9.17, 15) is 22.4 Å². The Labute approximate surface area is 162 Å². The number of tetrazole rings is 1. The van der Waals surface area contributed by atoms with Gasteiger partial charge in [0.2, 0.25) is 0 Å². The summed E-state index contributed by atoms with van der Waals surface area (Å²) in [7, 11) is 1.42. The molecule has 0 spiro atoms. The van der Waals surface area contributed by atoms with Crippen LogP contribution in [0.1, 0.15) is 23.6 Å². The van der Waals surface area contributed by atoms with E-state index < -0.39 is 29.0 Å². The van der Waals surface area contributed by atoms with Crippen molar-refractivity contribution in [2.75, 3.05) is 0 Å². The van der Waals surface area contributed by atoms with E-state index >= 15 is 0 Å². The predicted octanol–water partition coefficient (Wildman–Crippen LogP) is 3.74. The molecule has 0 N–H and O–H groups in total. The predicted molar refractivity (Wildman–Crippen MR) is 97.0 cm³/mol. The van der Waals surface area contributed by atoms with Crippen molar-refractivity contribution >= 4 is 6.08 Å². The van der Waals surface area contributed by atoms with Crippen molar-refractivity contribution in [2.24, 2.45) is 7.05 Å². The van der Waals surface area contributed by atoms with Gasteiger partial charge in [-0.05, 0) is 41.1 Å². The van der Waals surface area contributed by atoms with Crippen molar-refractivity contribution in [3.8, 4) is 11.4 Å². The summed E-state index contributed by atoms with van der Waals surface area (Å²) in [4.78, 5) is 12.2. The first-order valence-corrected chi connectivity index (χ1v) is 8.46. The minimum Gasteiger partial charge on any atom is -0.488 e. The number of alkyl halides is 3. The van der Waals surface area contributed by atoms with Crippen molar-refractivity contribution < 1.29 is 22.3 Å². The standard InChI is InChI=1S/C19H16F4N4O2/c1-3-5-12-6-4-7-16(27-18(28)26(2)24-25-27)14(12)11-29-17-10-13(20)8-9-15(17)19(21,22)23/h3-10H,11H2,1-2H3/b5-3+. The molecule has 0 atom stereocenters. The number of benzene rings is 2. The Bertz CT molecular complexity index is 1120. The second-order valence-corrected chi connectivity index (χ2v) is 6.07. The molecule has 0 saturated carbocycles. The first-order chi connectivity index (χ1) is 13.7. The highest BCUT2D eigenvalue weighted by atomic mass is 19.4. The van der Waals surface area contributed by atoms with E-state index in [1.54, 1.807) is 37.3 Å². The molecular weight excluding hydrogens is 392 g/mol. The van der Waals surface area contributed by atoms with Crippen LogP contribution in [0.2, 0.25) is 0 Å². The summed E-state index contributed by atoms with van der Waals surface area (Å²) in [6.45, 7) is 1.41. The Kier molecular flexibility index (Phi) is 5.53. The molecule has 6 nitrogen and oxygen atoms in total. The van der Waals surface area contributed by atoms with E-state index in [4.69, 9.17) is 4.74 Å². The summed E-state index contributed by atoms with van der Waals surface area (Å²) in [5.41, 5.74) is -0.340. The molecule has 0 saturated heterocycles. The van der Waals surface area contributed by atoms with Crippen LogP contribution in [0.3, 0.4) is 0 Å². The van der Waals surface area contributed by atoms with Gasteiger partial charge in [0.15, 0.2) is 0 Å². The van der Waals surface area contributed by atoms with Crippen LogP contribution in [0, 0.1) is 5.82 Å². The third-order valence-corrected chi connectivity index (χ3v) is 4.10. The van der Waals surface area contributed by atoms with E-state index in [1.165, 1.54) is 7.05 Å². The highest BCUT2D eigenvalue weighted by molar-refractivity contribution is 5.59. The molecule has 1 heterocycles. The number of rotatable bonds is 5. The van der Waals surface area contributed by atoms with Crippen molar-refractivity contribution in [1.29, 1.82) is 0 Å². The highest BCUT2D eigenvalue weighted by Crippen LogP contribution is 2.37. The van der Waals surface area contributed by atoms with Gasteiger partial charge in [0.25, 0.3) is 0 Å². The van der Waals surface area contributed by atoms with Crippen LogP contribution in [0.15, 0.2) is 47.3 Å². The van der Waals surface area contributed by atoms with Gasteiger partial charge in [0, 0.05) is 18.7 Å². The Hall–Kier alpha value is -3.43. The molecule has 0 aliphatic carbocycles. The number of aromatic nitrogens is 4. The third kappa shape index (κ3) is 4.20. The van der Waals surface area contributed by atoms with Gasteiger partial charge in [-0.1, -0.05) is 24.3 Å². The quantitative estimate of drug-likeness (QED) is 0.604. The molecule has 29 heavy (non-hydrogen) atoms. The molecule has 3 aromatic rings. The van der Waals surface area contributed by atoms with E-state index in [0.29, 0.717) is 35.0 Å². The van der Waals surface area contributed by atoms with Gasteiger partial charge in [0.05, 0.1) is 11.3 Å². The second-order valence-electron chi connectivity index (χ2n) is 6.07. The van der Waals surface area contributed by atoms with Crippen molar-refractivity contribution in [3.05, 3.63) is 75.5 Å². The molecule has 1 aromatic heterocycles. The average molecular weight is 408 g/mol. The topological polar surface area (TPSA) is 61.9 Å². The molecule has 2 aromatic carbocycles. The van der Waals surface area contributed by atoms with Crippen LogP contribution in [0.25, 0.3) is 11.8 Å². The lowest BCUT2D eigenvalue weighted by molar-refractivity contribution is -0.139. The molecule has 0 fully saturated rings. The first-order valence-electron chi connectivity index (χ1n) is 8.46. The van der Waals surface area contributed by atoms with Crippen LogP contribution in [0.4, 0.5) is 17.6 Å². The van der Waals surface area contributed by atoms with Gasteiger partial charge < -0.3 is 4.74 Å². The third-order valence-electron chi connectivity index (χ3n) is 4.10. The number of nitrogens with zero attached hydrogens (tertiary/aromatic N) is 4. The Balaban J connectivity index is 2.07. The Morgan fingerprint density at radius 1 is 1.17 bits per heavy atom. The van der Waals surface area contributed by atoms with Gasteiger partial charge in [-0.2, -0.15) is 22.5 Å². The van der Waals surface area contributed by atoms with Crippen LogP contribution in [-0.4, -0.2) is 19.8 Å². The lowest BCUT2D eigenvalue weighted by atomic mass is 10.1. The van der Waals surface area contributed by atoms with Crippen molar-refractivity contribution in [1.82, 2.24) is 19.8 Å². The van der Waals surface area contributed by atoms with E-state index in [1.807, 2.05) is 0 Å². The maximum atomic E-state index is 13.5. The van der Waals surface area contributed by atoms with Gasteiger partial charge in [-0.25, -0.2) is 9.18 Å². The molecule has 0 radical (unpaired) electrons. The molecule has 0 aliphatic heterocycles. The number of hydrogen-bond acceptors (Lipinski definition) is 4. The molecular formula is C19H16F4N4O2. The minimum atomic E-state index is -4.71. The molecule has 0 bridgehead atoms. The fourth-order valence-electron chi connectivity index (χ4n) is 2.75. The van der Waals surface area contributed by atoms with E-state index in [0.717, 1.165) is 9.36 Å². The summed E-state index contributed by atoms with van der Waals surface area (Å²) >= 11 is 0. The van der Waals surface area contributed by atoms with Crippen LogP contribution >= 0.6 is 0 Å². The average Bonchev–Trinajstić information content (AvgIpc) is 2.98. The molecule has 152 valence electrons. The molecule has 10 heteroatoms. The van der Waals surface area contributed by atoms with Gasteiger partial charge >= 0.3 is 11.9 Å². The zero-order valence-electron chi connectivity index (χ0n) is 15.4. The fourth-order valence-corrected chi connectivity index (χ4v) is 2.75. The summed E-state index contributed by atoms with van der Waals surface area (Å²) < 4.78 is 60.6. The number of allylic oxidation sites excluding steroid dienone is 1. The zero-order valence-corrected chi connectivity index (χ0v) is 15.4. The molecule has 0 amide bonds. The first kappa shape index (κ1) is 20.3. The second kappa shape index (κ2) is 7.90. The van der Waals surface area contributed by atoms with E-state index in [2.05, 4.69) is 10.4 Å². The number of ether oxygens (including phenoxy) is 1. The Morgan fingerprint density at radius 2 is 1.93 bits per heavy atom. The molecule has 3 rings (SSSR count). The minimum absolute atomic E-state index is 0.295. The molecule has 0 aliphatic rings. The van der Waals surface area contributed by atoms with Crippen LogP contribution in [0.5, 0.6) is 5.75 Å². The zero-order chi connectivity index (χ0) is 21.2. The summed E-state index contributed by atoms with van der Waals surface area (Å²) in [6, 6.07) is 6.95. The smallest absolute Gasteiger partial charge is 0.419 e. The summed E-state index contributed by atoms with van der Waals surface area (Å²) in [5, 5.41) is 7.42. The lowest BCUT2D eigenvalue weighted by Gasteiger charge is -2.16. The maximum absolute atomic E-state index is 13.5. The van der Waals surface area contributed by atoms with Crippen LogP contribution < -0.4 is 10.4 Å². The van der Waals surface area contributed by atoms with Gasteiger partial charge in [0.1, 0.15) is 18.2 Å². The Morgan fingerprint density at radius 3 is 2.55 bits per heavy atom. The summed E-state index contributed by atoms with van der Waals surface area (Å²) in [5.74, 6) is -1.51. The van der Waals surface area contributed by atoms with E-state index in [-0.39, 0.29) is 6.61 Å². The fraction of sp³-hybridized carbons (Fsp3) is 0.211. The van der Waals surface area contributed by atoms with Crippen molar-refractivity contribution in [2.45, 2.75) is 19.7 Å². The normalized spacial score (nSPS) is 11.9. The van der Waals surface area contributed by atoms with Gasteiger partial charge in [-0.15, -0.1) is 0 Å². The summed E-state index contributed by atoms with van der Waals surface area (Å²) in [6.07, 6.45) is -1.28. The highest BCUT2D eigenvalue weighted by Gasteiger charge is 2.34. The van der Waals surface area contributed by atoms with Gasteiger partial charge in [-0.3, -0.25) is 0 Å². The SMILES string of the molecule is C/C=C/c1cccc(-n2nnn(C)c2=O)c1COc1cc(F)ccc1C(F)(F)F. The largest absolute Gasteiger partial charge is 0.488 e. The monoisotopic (exact) mass is 408 g/mol. The van der Waals surface area contributed by atoms with Crippen molar-refractivity contribution in [3.63, 3.8) is 0 Å². The number of aryl methyl sites for hydroxylation is 1. The number of hydrogen-bond donors (Lipinski definition) is 0.